The van der Waals surface area contributed by atoms with Gasteiger partial charge in [0.15, 0.2) is 0 Å². The second-order valence-corrected chi connectivity index (χ2v) is 16.7. The number of nitrogens with zero attached hydrogens (tertiary/aromatic N) is 4. The smallest absolute Gasteiger partial charge is 0.299 e. The predicted octanol–water partition coefficient (Wildman–Crippen LogP) is 8.85. The Morgan fingerprint density at radius 1 is 0.360 bits per heavy atom. The molecule has 4 aromatic rings. The minimum atomic E-state index is -0.289. The van der Waals surface area contributed by atoms with Gasteiger partial charge in [0.25, 0.3) is 0 Å². The van der Waals surface area contributed by atoms with Gasteiger partial charge in [0.05, 0.1) is 0 Å². The molecule has 2 aliphatic rings. The largest absolute Gasteiger partial charge is 0.323 e. The number of carbonyl (C=O) groups excluding carboxylic acids is 2. The Labute approximate surface area is 314 Å². The summed E-state index contributed by atoms with van der Waals surface area (Å²) in [6.07, 6.45) is -0.578. The number of hydrogen-bond donors (Lipinski definition) is 0. The number of urea groups is 2. The van der Waals surface area contributed by atoms with Gasteiger partial charge in [-0.3, -0.25) is 19.6 Å². The Bertz CT molecular complexity index is 1370. The molecule has 0 saturated carbocycles. The minimum Gasteiger partial charge on any atom is -0.299 e. The number of carbonyl (C=O) groups is 2. The Morgan fingerprint density at radius 2 is 0.580 bits per heavy atom. The number of thioether (sulfide) groups is 4. The lowest BCUT2D eigenvalue weighted by Gasteiger charge is -2.30. The monoisotopic (exact) mass is 742 g/mol. The van der Waals surface area contributed by atoms with Crippen LogP contribution in [0.5, 0.6) is 0 Å². The normalized spacial score (nSPS) is 17.2. The first-order valence-corrected chi connectivity index (χ1v) is 21.9. The van der Waals surface area contributed by atoms with Crippen molar-refractivity contribution in [1.82, 2.24) is 19.6 Å². The second kappa shape index (κ2) is 19.4. The third-order valence-electron chi connectivity index (χ3n) is 8.88. The molecule has 2 aliphatic heterocycles. The summed E-state index contributed by atoms with van der Waals surface area (Å²) in [7, 11) is 0. The van der Waals surface area contributed by atoms with Crippen LogP contribution in [0.3, 0.4) is 0 Å². The SMILES string of the molecule is O=C1N(CCSCc2ccccc2)C2C(N1CCSCc1ccccc1)N(CCSCc1ccccc1)C(=O)N2CCSCc1ccccc1. The Balaban J connectivity index is 1.15. The first-order valence-electron chi connectivity index (χ1n) is 17.3. The van der Waals surface area contributed by atoms with Crippen molar-refractivity contribution in [3.05, 3.63) is 144 Å². The lowest BCUT2D eigenvalue weighted by atomic mass is 10.2. The molecule has 2 saturated heterocycles. The molecule has 0 radical (unpaired) electrons. The highest BCUT2D eigenvalue weighted by Gasteiger charge is 2.58. The predicted molar refractivity (Wildman–Crippen MR) is 216 cm³/mol. The number of rotatable bonds is 20. The van der Waals surface area contributed by atoms with E-state index in [4.69, 9.17) is 0 Å². The molecule has 262 valence electrons. The Morgan fingerprint density at radius 3 is 0.800 bits per heavy atom. The van der Waals surface area contributed by atoms with Crippen LogP contribution in [-0.4, -0.2) is 93.2 Å². The van der Waals surface area contributed by atoms with Gasteiger partial charge in [-0.1, -0.05) is 121 Å². The van der Waals surface area contributed by atoms with E-state index in [1.165, 1.54) is 22.3 Å². The van der Waals surface area contributed by atoms with Crippen molar-refractivity contribution in [3.8, 4) is 0 Å². The molecule has 50 heavy (non-hydrogen) atoms. The van der Waals surface area contributed by atoms with Gasteiger partial charge in [0.1, 0.15) is 12.3 Å². The molecule has 0 unspecified atom stereocenters. The minimum absolute atomic E-state index is 0.0528. The van der Waals surface area contributed by atoms with Crippen molar-refractivity contribution in [2.75, 3.05) is 49.2 Å². The van der Waals surface area contributed by atoms with Crippen molar-refractivity contribution >= 4 is 59.1 Å². The van der Waals surface area contributed by atoms with Crippen LogP contribution in [0.1, 0.15) is 22.3 Å². The van der Waals surface area contributed by atoms with Gasteiger partial charge in [0, 0.05) is 72.2 Å². The Kier molecular flexibility index (Phi) is 14.2. The third kappa shape index (κ3) is 9.99. The summed E-state index contributed by atoms with van der Waals surface area (Å²) in [6, 6.07) is 42.0. The summed E-state index contributed by atoms with van der Waals surface area (Å²) in [5.74, 6) is 6.88. The number of hydrogen-bond acceptors (Lipinski definition) is 6. The summed E-state index contributed by atoms with van der Waals surface area (Å²) in [4.78, 5) is 36.7. The molecular weight excluding hydrogens is 697 g/mol. The van der Waals surface area contributed by atoms with E-state index in [0.717, 1.165) is 46.0 Å². The van der Waals surface area contributed by atoms with Crippen LogP contribution in [0.15, 0.2) is 121 Å². The van der Waals surface area contributed by atoms with Gasteiger partial charge in [-0.05, 0) is 22.3 Å². The van der Waals surface area contributed by atoms with E-state index in [9.17, 15) is 9.59 Å². The highest BCUT2D eigenvalue weighted by molar-refractivity contribution is 7.99. The van der Waals surface area contributed by atoms with Crippen LogP contribution in [0.2, 0.25) is 0 Å². The van der Waals surface area contributed by atoms with E-state index in [-0.39, 0.29) is 24.4 Å². The molecule has 10 heteroatoms. The third-order valence-corrected chi connectivity index (χ3v) is 12.9. The average Bonchev–Trinajstić information content (AvgIpc) is 3.58. The van der Waals surface area contributed by atoms with E-state index >= 15 is 0 Å². The molecule has 0 aromatic heterocycles. The summed E-state index contributed by atoms with van der Waals surface area (Å²) in [6.45, 7) is 2.46. The highest BCUT2D eigenvalue weighted by atomic mass is 32.2. The first kappa shape index (κ1) is 36.6. The van der Waals surface area contributed by atoms with Gasteiger partial charge in [-0.25, -0.2) is 9.59 Å². The lowest BCUT2D eigenvalue weighted by molar-refractivity contribution is 0.136. The fourth-order valence-electron chi connectivity index (χ4n) is 6.38. The summed E-state index contributed by atoms with van der Waals surface area (Å²) in [5.41, 5.74) is 5.14. The molecule has 0 bridgehead atoms. The molecular formula is C40H46N4O2S4. The molecule has 6 nitrogen and oxygen atoms in total. The fraction of sp³-hybridized carbons (Fsp3) is 0.350. The molecule has 0 N–H and O–H groups in total. The van der Waals surface area contributed by atoms with Crippen LogP contribution in [0, 0.1) is 0 Å². The van der Waals surface area contributed by atoms with Crippen molar-refractivity contribution in [2.45, 2.75) is 35.3 Å². The molecule has 0 atom stereocenters. The van der Waals surface area contributed by atoms with E-state index in [1.807, 2.05) is 90.9 Å². The zero-order valence-corrected chi connectivity index (χ0v) is 31.7. The fourth-order valence-corrected chi connectivity index (χ4v) is 9.98. The van der Waals surface area contributed by atoms with Crippen molar-refractivity contribution in [3.63, 3.8) is 0 Å². The van der Waals surface area contributed by atoms with Gasteiger partial charge < -0.3 is 0 Å². The van der Waals surface area contributed by atoms with Crippen molar-refractivity contribution < 1.29 is 9.59 Å². The maximum Gasteiger partial charge on any atom is 0.323 e. The highest BCUT2D eigenvalue weighted by Crippen LogP contribution is 2.36. The first-order chi connectivity index (χ1) is 24.7. The number of amides is 4. The van der Waals surface area contributed by atoms with Crippen molar-refractivity contribution in [2.24, 2.45) is 0 Å². The lowest BCUT2D eigenvalue weighted by Crippen LogP contribution is -2.48. The molecule has 2 fully saturated rings. The van der Waals surface area contributed by atoms with Crippen LogP contribution < -0.4 is 0 Å². The molecule has 6 rings (SSSR count). The topological polar surface area (TPSA) is 47.1 Å². The molecule has 0 aliphatic carbocycles. The van der Waals surface area contributed by atoms with Gasteiger partial charge in [0.2, 0.25) is 0 Å². The zero-order valence-electron chi connectivity index (χ0n) is 28.4. The maximum absolute atomic E-state index is 14.3. The van der Waals surface area contributed by atoms with Gasteiger partial charge in [-0.2, -0.15) is 47.0 Å². The quantitative estimate of drug-likeness (QED) is 0.0844. The van der Waals surface area contributed by atoms with E-state index in [0.29, 0.717) is 26.2 Å². The molecule has 4 aromatic carbocycles. The van der Waals surface area contributed by atoms with Crippen LogP contribution in [-0.2, 0) is 23.0 Å². The summed E-state index contributed by atoms with van der Waals surface area (Å²) in [5, 5.41) is 0. The van der Waals surface area contributed by atoms with Gasteiger partial charge in [-0.15, -0.1) is 0 Å². The van der Waals surface area contributed by atoms with Gasteiger partial charge >= 0.3 is 12.1 Å². The average molecular weight is 743 g/mol. The second-order valence-electron chi connectivity index (χ2n) is 12.3. The summed E-state index contributed by atoms with van der Waals surface area (Å²) < 4.78 is 0. The zero-order chi connectivity index (χ0) is 34.4. The molecule has 4 amide bonds. The van der Waals surface area contributed by atoms with E-state index < -0.39 is 0 Å². The van der Waals surface area contributed by atoms with Crippen LogP contribution in [0.4, 0.5) is 9.59 Å². The van der Waals surface area contributed by atoms with Crippen LogP contribution >= 0.6 is 47.0 Å². The molecule has 0 spiro atoms. The van der Waals surface area contributed by atoms with E-state index in [2.05, 4.69) is 97.1 Å². The number of fused-ring (bicyclic) bond motifs is 1. The van der Waals surface area contributed by atoms with E-state index in [1.54, 1.807) is 0 Å². The van der Waals surface area contributed by atoms with Crippen LogP contribution in [0.25, 0.3) is 0 Å². The standard InChI is InChI=1S/C40H46N4O2S4/c45-39-41(21-25-47-29-33-13-5-1-6-14-33)37-38(43(39)23-27-49-31-35-17-9-3-10-18-35)44(24-28-50-32-36-19-11-4-12-20-36)40(46)42(37)22-26-48-30-34-15-7-2-8-16-34/h1-20,37-38H,21-32H2. The maximum atomic E-state index is 14.3. The Hall–Kier alpha value is -3.18. The number of benzene rings is 4. The van der Waals surface area contributed by atoms with Crippen molar-refractivity contribution in [1.29, 1.82) is 0 Å². The molecule has 2 heterocycles. The summed E-state index contributed by atoms with van der Waals surface area (Å²) >= 11 is 7.38.